The Bertz CT molecular complexity index is 367. The van der Waals surface area contributed by atoms with E-state index < -0.39 is 35.5 Å². The molecule has 2 atom stereocenters. The standard InChI is InChI=1S/C13H21BF2O2/c1-10(2)11(3,4)18-14(17-10)12-8-6-5-7-9(12)13(12,15)16/h9H,5-8H2,1-4H3. The largest absolute Gasteiger partial charge is 0.471 e. The highest BCUT2D eigenvalue weighted by Gasteiger charge is 2.87. The molecule has 0 spiro atoms. The Morgan fingerprint density at radius 3 is 2.06 bits per heavy atom. The van der Waals surface area contributed by atoms with Crippen LogP contribution in [0.15, 0.2) is 0 Å². The molecule has 3 fully saturated rings. The SMILES string of the molecule is CC1(C)OB(C23CCCCC2C3(F)F)OC1(C)C. The molecule has 2 unspecified atom stereocenters. The lowest BCUT2D eigenvalue weighted by Crippen LogP contribution is -2.41. The van der Waals surface area contributed by atoms with Gasteiger partial charge in [-0.1, -0.05) is 12.8 Å². The zero-order valence-corrected chi connectivity index (χ0v) is 11.6. The molecule has 0 aromatic heterocycles. The minimum Gasteiger partial charge on any atom is -0.403 e. The fraction of sp³-hybridized carbons (Fsp3) is 1.00. The van der Waals surface area contributed by atoms with Gasteiger partial charge in [-0.3, -0.25) is 0 Å². The van der Waals surface area contributed by atoms with Gasteiger partial charge in [0.25, 0.3) is 5.92 Å². The molecule has 102 valence electrons. The van der Waals surface area contributed by atoms with E-state index in [-0.39, 0.29) is 0 Å². The maximum absolute atomic E-state index is 14.2. The minimum absolute atomic E-state index is 0.521. The maximum Gasteiger partial charge on any atom is 0.471 e. The highest BCUT2D eigenvalue weighted by Crippen LogP contribution is 2.80. The Morgan fingerprint density at radius 2 is 1.56 bits per heavy atom. The van der Waals surface area contributed by atoms with Crippen molar-refractivity contribution in [2.45, 2.75) is 75.8 Å². The van der Waals surface area contributed by atoms with E-state index in [0.717, 1.165) is 12.8 Å². The van der Waals surface area contributed by atoms with Gasteiger partial charge < -0.3 is 9.31 Å². The highest BCUT2D eigenvalue weighted by molar-refractivity contribution is 6.52. The molecule has 0 aromatic carbocycles. The first-order chi connectivity index (χ1) is 8.15. The second kappa shape index (κ2) is 3.29. The van der Waals surface area contributed by atoms with Crippen LogP contribution in [0, 0.1) is 5.92 Å². The molecule has 1 heterocycles. The number of fused-ring (bicyclic) bond motifs is 1. The summed E-state index contributed by atoms with van der Waals surface area (Å²) >= 11 is 0. The predicted molar refractivity (Wildman–Crippen MR) is 65.7 cm³/mol. The lowest BCUT2D eigenvalue weighted by atomic mass is 9.61. The first kappa shape index (κ1) is 12.9. The molecule has 18 heavy (non-hydrogen) atoms. The smallest absolute Gasteiger partial charge is 0.403 e. The number of alkyl halides is 2. The summed E-state index contributed by atoms with van der Waals surface area (Å²) in [6.45, 7) is 7.67. The van der Waals surface area contributed by atoms with Crippen molar-refractivity contribution in [3.05, 3.63) is 0 Å². The first-order valence-corrected chi connectivity index (χ1v) is 6.89. The van der Waals surface area contributed by atoms with Crippen molar-refractivity contribution in [3.63, 3.8) is 0 Å². The molecule has 1 saturated heterocycles. The Kier molecular flexibility index (Phi) is 2.35. The van der Waals surface area contributed by atoms with E-state index in [1.807, 2.05) is 27.7 Å². The molecule has 5 heteroatoms. The van der Waals surface area contributed by atoms with E-state index in [1.54, 1.807) is 0 Å². The monoisotopic (exact) mass is 258 g/mol. The highest BCUT2D eigenvalue weighted by atomic mass is 19.3. The molecule has 0 aromatic rings. The molecule has 0 amide bonds. The topological polar surface area (TPSA) is 18.5 Å². The van der Waals surface area contributed by atoms with Crippen LogP contribution in [0.4, 0.5) is 8.78 Å². The molecular weight excluding hydrogens is 237 g/mol. The minimum atomic E-state index is -2.61. The van der Waals surface area contributed by atoms with Crippen molar-refractivity contribution in [1.29, 1.82) is 0 Å². The summed E-state index contributed by atoms with van der Waals surface area (Å²) < 4.78 is 40.1. The molecular formula is C13H21BF2O2. The number of hydrogen-bond donors (Lipinski definition) is 0. The molecule has 2 saturated carbocycles. The molecule has 3 rings (SSSR count). The summed E-state index contributed by atoms with van der Waals surface area (Å²) in [6, 6.07) is 0. The second-order valence-corrected chi connectivity index (χ2v) is 7.05. The fourth-order valence-corrected chi connectivity index (χ4v) is 3.59. The third kappa shape index (κ3) is 1.30. The van der Waals surface area contributed by atoms with Crippen molar-refractivity contribution < 1.29 is 18.1 Å². The van der Waals surface area contributed by atoms with Crippen LogP contribution >= 0.6 is 0 Å². The van der Waals surface area contributed by atoms with E-state index in [1.165, 1.54) is 0 Å². The van der Waals surface area contributed by atoms with Gasteiger partial charge in [-0.15, -0.1) is 0 Å². The predicted octanol–water partition coefficient (Wildman–Crippen LogP) is 3.66. The summed E-state index contributed by atoms with van der Waals surface area (Å²) in [6.07, 6.45) is 2.90. The Morgan fingerprint density at radius 1 is 1.00 bits per heavy atom. The van der Waals surface area contributed by atoms with Gasteiger partial charge in [0.2, 0.25) is 0 Å². The Labute approximate surface area is 108 Å². The third-order valence-electron chi connectivity index (χ3n) is 5.60. The third-order valence-corrected chi connectivity index (χ3v) is 5.60. The van der Waals surface area contributed by atoms with Crippen LogP contribution in [0.2, 0.25) is 5.31 Å². The normalized spacial score (nSPS) is 43.7. The van der Waals surface area contributed by atoms with Gasteiger partial charge in [-0.2, -0.15) is 0 Å². The second-order valence-electron chi connectivity index (χ2n) is 7.05. The van der Waals surface area contributed by atoms with Crippen LogP contribution in [0.3, 0.4) is 0 Å². The van der Waals surface area contributed by atoms with Crippen molar-refractivity contribution >= 4 is 7.12 Å². The summed E-state index contributed by atoms with van der Waals surface area (Å²) in [7, 11) is -0.747. The van der Waals surface area contributed by atoms with E-state index in [4.69, 9.17) is 9.31 Å². The van der Waals surface area contributed by atoms with Crippen LogP contribution < -0.4 is 0 Å². The van der Waals surface area contributed by atoms with Gasteiger partial charge in [-0.05, 0) is 40.5 Å². The van der Waals surface area contributed by atoms with Crippen molar-refractivity contribution in [2.75, 3.05) is 0 Å². The average Bonchev–Trinajstić information content (AvgIpc) is 2.66. The summed E-state index contributed by atoms with van der Waals surface area (Å²) in [5, 5.41) is -1.05. The van der Waals surface area contributed by atoms with Crippen LogP contribution in [0.5, 0.6) is 0 Å². The van der Waals surface area contributed by atoms with Crippen molar-refractivity contribution in [2.24, 2.45) is 5.92 Å². The van der Waals surface area contributed by atoms with Gasteiger partial charge in [-0.25, -0.2) is 8.78 Å². The van der Waals surface area contributed by atoms with E-state index in [0.29, 0.717) is 12.8 Å². The van der Waals surface area contributed by atoms with Gasteiger partial charge >= 0.3 is 7.12 Å². The van der Waals surface area contributed by atoms with Gasteiger partial charge in [0, 0.05) is 5.92 Å². The maximum atomic E-state index is 14.2. The fourth-order valence-electron chi connectivity index (χ4n) is 3.59. The zero-order valence-electron chi connectivity index (χ0n) is 11.6. The van der Waals surface area contributed by atoms with E-state index in [2.05, 4.69) is 0 Å². The average molecular weight is 258 g/mol. The van der Waals surface area contributed by atoms with Crippen molar-refractivity contribution in [3.8, 4) is 0 Å². The summed E-state index contributed by atoms with van der Waals surface area (Å²) in [5.41, 5.74) is -1.04. The Balaban J connectivity index is 1.89. The molecule has 0 bridgehead atoms. The molecule has 0 radical (unpaired) electrons. The summed E-state index contributed by atoms with van der Waals surface area (Å²) in [4.78, 5) is 0. The van der Waals surface area contributed by atoms with Crippen LogP contribution in [0.25, 0.3) is 0 Å². The summed E-state index contributed by atoms with van der Waals surface area (Å²) in [5.74, 6) is -3.14. The molecule has 2 nitrogen and oxygen atoms in total. The van der Waals surface area contributed by atoms with Gasteiger partial charge in [0.1, 0.15) is 0 Å². The van der Waals surface area contributed by atoms with Crippen LogP contribution in [-0.4, -0.2) is 24.2 Å². The molecule has 2 aliphatic carbocycles. The number of halogens is 2. The Hall–Kier alpha value is -0.155. The van der Waals surface area contributed by atoms with Crippen LogP contribution in [-0.2, 0) is 9.31 Å². The first-order valence-electron chi connectivity index (χ1n) is 6.89. The van der Waals surface area contributed by atoms with Gasteiger partial charge in [0.05, 0.1) is 16.5 Å². The zero-order chi connectivity index (χ0) is 13.4. The lowest BCUT2D eigenvalue weighted by Gasteiger charge is -2.32. The lowest BCUT2D eigenvalue weighted by molar-refractivity contribution is 0.00578. The number of rotatable bonds is 1. The quantitative estimate of drug-likeness (QED) is 0.668. The van der Waals surface area contributed by atoms with E-state index >= 15 is 0 Å². The van der Waals surface area contributed by atoms with Crippen LogP contribution in [0.1, 0.15) is 53.4 Å². The van der Waals surface area contributed by atoms with Crippen molar-refractivity contribution in [1.82, 2.24) is 0 Å². The molecule has 1 aliphatic heterocycles. The molecule has 3 aliphatic rings. The van der Waals surface area contributed by atoms with Gasteiger partial charge in [0.15, 0.2) is 0 Å². The number of hydrogen-bond acceptors (Lipinski definition) is 2. The molecule has 0 N–H and O–H groups in total. The van der Waals surface area contributed by atoms with E-state index in [9.17, 15) is 8.78 Å².